The van der Waals surface area contributed by atoms with E-state index in [9.17, 15) is 22.1 Å². The zero-order chi connectivity index (χ0) is 26.8. The van der Waals surface area contributed by atoms with Crippen molar-refractivity contribution in [2.45, 2.75) is 22.6 Å². The number of sulfonamides is 1. The van der Waals surface area contributed by atoms with Crippen molar-refractivity contribution in [3.05, 3.63) is 102 Å². The number of aromatic nitrogens is 2. The zero-order valence-electron chi connectivity index (χ0n) is 20.3. The summed E-state index contributed by atoms with van der Waals surface area (Å²) in [5, 5.41) is 14.5. The first-order chi connectivity index (χ1) is 18.3. The lowest BCUT2D eigenvalue weighted by Gasteiger charge is -2.16. The normalized spacial score (nSPS) is 14.9. The molecule has 1 saturated heterocycles. The molecule has 1 aromatic heterocycles. The van der Waals surface area contributed by atoms with Gasteiger partial charge in [0.25, 0.3) is 0 Å². The van der Waals surface area contributed by atoms with E-state index in [1.807, 2.05) is 36.4 Å². The summed E-state index contributed by atoms with van der Waals surface area (Å²) < 4.78 is 55.9. The highest BCUT2D eigenvalue weighted by atomic mass is 32.2. The van der Waals surface area contributed by atoms with Crippen molar-refractivity contribution >= 4 is 25.9 Å². The minimum absolute atomic E-state index is 0.00325. The molecule has 0 amide bonds. The number of nitrogens with zero attached hydrogens (tertiary/aromatic N) is 4. The number of benzene rings is 3. The fourth-order valence-corrected chi connectivity index (χ4v) is 7.08. The SMILES string of the molecule is N#CC(=Cc1cn(-c2ccccc2)nc1-c1cccc(S(=O)(=O)N2CCCC2)c1)S(=O)(=O)c1ccccc1. The van der Waals surface area contributed by atoms with Gasteiger partial charge in [-0.25, -0.2) is 21.5 Å². The van der Waals surface area contributed by atoms with Crippen LogP contribution in [0.25, 0.3) is 23.0 Å². The van der Waals surface area contributed by atoms with Crippen molar-refractivity contribution in [2.75, 3.05) is 13.1 Å². The van der Waals surface area contributed by atoms with Crippen molar-refractivity contribution in [2.24, 2.45) is 0 Å². The van der Waals surface area contributed by atoms with Crippen LogP contribution in [0, 0.1) is 11.3 Å². The van der Waals surface area contributed by atoms with E-state index in [0.29, 0.717) is 29.9 Å². The standard InChI is InChI=1S/C28H24N4O4S2/c29-20-27(37(33,34)25-13-5-2-6-14-25)19-23-21-32(24-11-3-1-4-12-24)30-28(23)22-10-9-15-26(18-22)38(35,36)31-16-7-8-17-31/h1-6,9-15,18-19,21H,7-8,16-17H2. The van der Waals surface area contributed by atoms with Gasteiger partial charge in [-0.1, -0.05) is 48.5 Å². The topological polar surface area (TPSA) is 113 Å². The second-order valence-corrected chi connectivity index (χ2v) is 12.6. The van der Waals surface area contributed by atoms with Crippen LogP contribution in [0.3, 0.4) is 0 Å². The van der Waals surface area contributed by atoms with Gasteiger partial charge in [-0.3, -0.25) is 0 Å². The van der Waals surface area contributed by atoms with Crippen molar-refractivity contribution in [3.8, 4) is 23.0 Å². The Bertz CT molecular complexity index is 1750. The number of para-hydroxylation sites is 1. The second-order valence-electron chi connectivity index (χ2n) is 8.79. The molecule has 10 heteroatoms. The lowest BCUT2D eigenvalue weighted by atomic mass is 10.1. The van der Waals surface area contributed by atoms with Gasteiger partial charge in [0.15, 0.2) is 0 Å². The third-order valence-electron chi connectivity index (χ3n) is 6.31. The smallest absolute Gasteiger partial charge is 0.240 e. The molecule has 1 aliphatic rings. The molecule has 192 valence electrons. The predicted octanol–water partition coefficient (Wildman–Crippen LogP) is 4.66. The summed E-state index contributed by atoms with van der Waals surface area (Å²) >= 11 is 0. The van der Waals surface area contributed by atoms with E-state index in [-0.39, 0.29) is 9.79 Å². The molecule has 0 aliphatic carbocycles. The molecule has 0 radical (unpaired) electrons. The molecule has 38 heavy (non-hydrogen) atoms. The lowest BCUT2D eigenvalue weighted by Crippen LogP contribution is -2.27. The minimum Gasteiger partial charge on any atom is -0.240 e. The van der Waals surface area contributed by atoms with Gasteiger partial charge in [0.2, 0.25) is 19.9 Å². The second kappa shape index (κ2) is 10.4. The van der Waals surface area contributed by atoms with Crippen LogP contribution in [0.5, 0.6) is 0 Å². The van der Waals surface area contributed by atoms with Gasteiger partial charge in [0.1, 0.15) is 16.7 Å². The third kappa shape index (κ3) is 4.91. The zero-order valence-corrected chi connectivity index (χ0v) is 21.9. The largest absolute Gasteiger partial charge is 0.243 e. The van der Waals surface area contributed by atoms with Crippen LogP contribution < -0.4 is 0 Å². The van der Waals surface area contributed by atoms with E-state index >= 15 is 0 Å². The Morgan fingerprint density at radius 1 is 0.842 bits per heavy atom. The molecule has 0 N–H and O–H groups in total. The molecule has 1 fully saturated rings. The van der Waals surface area contributed by atoms with Crippen LogP contribution in [0.2, 0.25) is 0 Å². The molecule has 0 atom stereocenters. The maximum atomic E-state index is 13.2. The highest BCUT2D eigenvalue weighted by molar-refractivity contribution is 7.95. The van der Waals surface area contributed by atoms with Gasteiger partial charge in [0, 0.05) is 30.4 Å². The number of allylic oxidation sites excluding steroid dienone is 1. The average Bonchev–Trinajstić information content (AvgIpc) is 3.64. The van der Waals surface area contributed by atoms with Crippen LogP contribution in [0.15, 0.2) is 106 Å². The predicted molar refractivity (Wildman–Crippen MR) is 144 cm³/mol. The number of hydrogen-bond acceptors (Lipinski definition) is 6. The van der Waals surface area contributed by atoms with E-state index < -0.39 is 24.8 Å². The van der Waals surface area contributed by atoms with Crippen molar-refractivity contribution in [3.63, 3.8) is 0 Å². The minimum atomic E-state index is -4.09. The number of nitriles is 1. The van der Waals surface area contributed by atoms with Gasteiger partial charge < -0.3 is 0 Å². The molecule has 1 aliphatic heterocycles. The van der Waals surface area contributed by atoms with E-state index in [1.54, 1.807) is 53.3 Å². The van der Waals surface area contributed by atoms with Crippen molar-refractivity contribution in [1.29, 1.82) is 5.26 Å². The molecule has 8 nitrogen and oxygen atoms in total. The van der Waals surface area contributed by atoms with E-state index in [1.165, 1.54) is 22.5 Å². The molecule has 0 spiro atoms. The Kier molecular flexibility index (Phi) is 6.99. The van der Waals surface area contributed by atoms with Crippen molar-refractivity contribution < 1.29 is 16.8 Å². The lowest BCUT2D eigenvalue weighted by molar-refractivity contribution is 0.477. The Morgan fingerprint density at radius 2 is 1.47 bits per heavy atom. The highest BCUT2D eigenvalue weighted by Gasteiger charge is 2.28. The first-order valence-electron chi connectivity index (χ1n) is 12.0. The molecule has 0 bridgehead atoms. The Morgan fingerprint density at radius 3 is 2.13 bits per heavy atom. The van der Waals surface area contributed by atoms with E-state index in [4.69, 9.17) is 0 Å². The van der Waals surface area contributed by atoms with Gasteiger partial charge in [-0.2, -0.15) is 14.7 Å². The summed E-state index contributed by atoms with van der Waals surface area (Å²) in [6.45, 7) is 0.956. The first-order valence-corrected chi connectivity index (χ1v) is 14.9. The molecule has 4 aromatic rings. The highest BCUT2D eigenvalue weighted by Crippen LogP contribution is 2.31. The number of hydrogen-bond donors (Lipinski definition) is 0. The first kappa shape index (κ1) is 25.6. The average molecular weight is 545 g/mol. The maximum absolute atomic E-state index is 13.2. The molecule has 5 rings (SSSR count). The van der Waals surface area contributed by atoms with Crippen LogP contribution in [-0.4, -0.2) is 44.0 Å². The molecule has 0 saturated carbocycles. The quantitative estimate of drug-likeness (QED) is 0.313. The van der Waals surface area contributed by atoms with Crippen LogP contribution >= 0.6 is 0 Å². The molecular weight excluding hydrogens is 520 g/mol. The molecule has 2 heterocycles. The molecule has 3 aromatic carbocycles. The van der Waals surface area contributed by atoms with Gasteiger partial charge in [-0.15, -0.1) is 0 Å². The summed E-state index contributed by atoms with van der Waals surface area (Å²) in [5.74, 6) is 0. The summed E-state index contributed by atoms with van der Waals surface area (Å²) in [4.78, 5) is -0.305. The summed E-state index contributed by atoms with van der Waals surface area (Å²) in [6, 6.07) is 25.2. The van der Waals surface area contributed by atoms with Crippen LogP contribution in [0.4, 0.5) is 0 Å². The van der Waals surface area contributed by atoms with E-state index in [0.717, 1.165) is 18.5 Å². The van der Waals surface area contributed by atoms with Gasteiger partial charge in [0.05, 0.1) is 15.5 Å². The van der Waals surface area contributed by atoms with Gasteiger partial charge >= 0.3 is 0 Å². The van der Waals surface area contributed by atoms with Crippen LogP contribution in [-0.2, 0) is 19.9 Å². The van der Waals surface area contributed by atoms with Gasteiger partial charge in [-0.05, 0) is 55.3 Å². The fraction of sp³-hybridized carbons (Fsp3) is 0.143. The third-order valence-corrected chi connectivity index (χ3v) is 9.89. The number of sulfone groups is 1. The van der Waals surface area contributed by atoms with Crippen molar-refractivity contribution in [1.82, 2.24) is 14.1 Å². The van der Waals surface area contributed by atoms with Crippen LogP contribution in [0.1, 0.15) is 18.4 Å². The Balaban J connectivity index is 1.66. The number of rotatable bonds is 7. The Labute approximate surface area is 222 Å². The maximum Gasteiger partial charge on any atom is 0.243 e. The summed E-state index contributed by atoms with van der Waals surface area (Å²) in [5.41, 5.74) is 1.92. The Hall–Kier alpha value is -4.04. The molecular formula is C28H24N4O4S2. The summed E-state index contributed by atoms with van der Waals surface area (Å²) in [6.07, 6.45) is 4.56. The fourth-order valence-electron chi connectivity index (χ4n) is 4.35. The molecule has 0 unspecified atom stereocenters. The summed E-state index contributed by atoms with van der Waals surface area (Å²) in [7, 11) is -7.77. The van der Waals surface area contributed by atoms with E-state index in [2.05, 4.69) is 5.10 Å². The monoisotopic (exact) mass is 544 g/mol.